The lowest BCUT2D eigenvalue weighted by Crippen LogP contribution is -2.12. The zero-order valence-corrected chi connectivity index (χ0v) is 17.5. The summed E-state index contributed by atoms with van der Waals surface area (Å²) in [6.45, 7) is 0. The summed E-state index contributed by atoms with van der Waals surface area (Å²) in [4.78, 5) is 17.4. The topological polar surface area (TPSA) is 55.1 Å². The van der Waals surface area contributed by atoms with Crippen LogP contribution in [0.4, 0.5) is 5.69 Å². The number of aromatic nitrogens is 1. The summed E-state index contributed by atoms with van der Waals surface area (Å²) in [5.74, 6) is 0.424. The molecule has 1 heterocycles. The first kappa shape index (κ1) is 19.8. The van der Waals surface area contributed by atoms with Crippen LogP contribution in [-0.2, 0) is 12.8 Å². The van der Waals surface area contributed by atoms with Gasteiger partial charge in [-0.3, -0.25) is 4.79 Å². The van der Waals surface area contributed by atoms with E-state index >= 15 is 0 Å². The number of benzene rings is 4. The van der Waals surface area contributed by atoms with E-state index in [4.69, 9.17) is 4.42 Å². The van der Waals surface area contributed by atoms with Crippen LogP contribution in [-0.4, -0.2) is 10.9 Å². The molecule has 0 aliphatic heterocycles. The first-order chi connectivity index (χ1) is 15.7. The lowest BCUT2D eigenvalue weighted by Gasteiger charge is -2.07. The predicted octanol–water partition coefficient (Wildman–Crippen LogP) is 6.53. The van der Waals surface area contributed by atoms with E-state index < -0.39 is 0 Å². The Morgan fingerprint density at radius 1 is 0.750 bits per heavy atom. The van der Waals surface area contributed by atoms with E-state index in [1.54, 1.807) is 0 Å². The SMILES string of the molecule is O=C(Nc1ccc2oc(-c3ccccc3)nc2c1)c1cccc(CCc2ccccc2)c1. The third kappa shape index (κ3) is 4.44. The van der Waals surface area contributed by atoms with E-state index in [0.717, 1.165) is 24.0 Å². The minimum Gasteiger partial charge on any atom is -0.436 e. The molecule has 4 aromatic carbocycles. The van der Waals surface area contributed by atoms with E-state index in [2.05, 4.69) is 28.5 Å². The molecule has 0 aliphatic carbocycles. The number of carbonyl (C=O) groups is 1. The molecule has 4 nitrogen and oxygen atoms in total. The van der Waals surface area contributed by atoms with E-state index in [1.165, 1.54) is 5.56 Å². The van der Waals surface area contributed by atoms with Crippen molar-refractivity contribution in [2.75, 3.05) is 5.32 Å². The summed E-state index contributed by atoms with van der Waals surface area (Å²) in [7, 11) is 0. The average molecular weight is 418 g/mol. The largest absolute Gasteiger partial charge is 0.436 e. The Morgan fingerprint density at radius 2 is 1.47 bits per heavy atom. The first-order valence-electron chi connectivity index (χ1n) is 10.6. The van der Waals surface area contributed by atoms with Crippen LogP contribution >= 0.6 is 0 Å². The van der Waals surface area contributed by atoms with Crippen LogP contribution in [0, 0.1) is 0 Å². The van der Waals surface area contributed by atoms with Crippen molar-refractivity contribution in [1.82, 2.24) is 4.98 Å². The number of carbonyl (C=O) groups excluding carboxylic acids is 1. The second kappa shape index (κ2) is 8.90. The highest BCUT2D eigenvalue weighted by Gasteiger charge is 2.11. The Morgan fingerprint density at radius 3 is 2.28 bits per heavy atom. The molecule has 0 unspecified atom stereocenters. The summed E-state index contributed by atoms with van der Waals surface area (Å²) < 4.78 is 5.85. The van der Waals surface area contributed by atoms with Gasteiger partial charge in [0.15, 0.2) is 5.58 Å². The highest BCUT2D eigenvalue weighted by atomic mass is 16.3. The van der Waals surface area contributed by atoms with Gasteiger partial charge in [-0.15, -0.1) is 0 Å². The number of rotatable bonds is 6. The third-order valence-corrected chi connectivity index (χ3v) is 5.40. The van der Waals surface area contributed by atoms with Gasteiger partial charge in [-0.25, -0.2) is 4.98 Å². The second-order valence-electron chi connectivity index (χ2n) is 7.71. The molecule has 0 atom stereocenters. The van der Waals surface area contributed by atoms with Gasteiger partial charge in [-0.05, 0) is 66.4 Å². The van der Waals surface area contributed by atoms with Crippen molar-refractivity contribution in [2.24, 2.45) is 0 Å². The van der Waals surface area contributed by atoms with Crippen LogP contribution in [0.5, 0.6) is 0 Å². The Hall–Kier alpha value is -4.18. The predicted molar refractivity (Wildman–Crippen MR) is 128 cm³/mol. The van der Waals surface area contributed by atoms with Crippen molar-refractivity contribution in [2.45, 2.75) is 12.8 Å². The van der Waals surface area contributed by atoms with E-state index in [0.29, 0.717) is 28.2 Å². The molecule has 0 spiro atoms. The number of hydrogen-bond acceptors (Lipinski definition) is 3. The minimum atomic E-state index is -0.141. The normalized spacial score (nSPS) is 10.9. The van der Waals surface area contributed by atoms with Gasteiger partial charge in [0.2, 0.25) is 5.89 Å². The van der Waals surface area contributed by atoms with Crippen molar-refractivity contribution in [1.29, 1.82) is 0 Å². The maximum absolute atomic E-state index is 12.8. The van der Waals surface area contributed by atoms with E-state index in [-0.39, 0.29) is 5.91 Å². The number of aryl methyl sites for hydroxylation is 2. The summed E-state index contributed by atoms with van der Waals surface area (Å²) in [6.07, 6.45) is 1.83. The average Bonchev–Trinajstić information content (AvgIpc) is 3.28. The van der Waals surface area contributed by atoms with Crippen LogP contribution in [0.25, 0.3) is 22.6 Å². The number of anilines is 1. The molecule has 0 aliphatic rings. The molecule has 0 saturated carbocycles. The number of amides is 1. The zero-order chi connectivity index (χ0) is 21.8. The number of hydrogen-bond donors (Lipinski definition) is 1. The number of nitrogens with one attached hydrogen (secondary N) is 1. The number of fused-ring (bicyclic) bond motifs is 1. The Bertz CT molecular complexity index is 1360. The van der Waals surface area contributed by atoms with Crippen molar-refractivity contribution < 1.29 is 9.21 Å². The van der Waals surface area contributed by atoms with Crippen LogP contribution in [0.15, 0.2) is 108 Å². The Balaban J connectivity index is 1.30. The third-order valence-electron chi connectivity index (χ3n) is 5.40. The van der Waals surface area contributed by atoms with Crippen LogP contribution in [0.2, 0.25) is 0 Å². The smallest absolute Gasteiger partial charge is 0.255 e. The van der Waals surface area contributed by atoms with Gasteiger partial charge in [0.1, 0.15) is 5.52 Å². The standard InChI is InChI=1S/C28H22N2O2/c31-27(23-13-7-10-21(18-23)15-14-20-8-3-1-4-9-20)29-24-16-17-26-25(19-24)30-28(32-26)22-11-5-2-6-12-22/h1-13,16-19H,14-15H2,(H,29,31). The maximum atomic E-state index is 12.8. The molecule has 0 bridgehead atoms. The van der Waals surface area contributed by atoms with Gasteiger partial charge in [0, 0.05) is 16.8 Å². The maximum Gasteiger partial charge on any atom is 0.255 e. The molecule has 5 rings (SSSR count). The second-order valence-corrected chi connectivity index (χ2v) is 7.71. The van der Waals surface area contributed by atoms with Gasteiger partial charge in [0.05, 0.1) is 0 Å². The van der Waals surface area contributed by atoms with Crippen molar-refractivity contribution in [3.05, 3.63) is 120 Å². The van der Waals surface area contributed by atoms with Gasteiger partial charge in [-0.2, -0.15) is 0 Å². The molecule has 32 heavy (non-hydrogen) atoms. The van der Waals surface area contributed by atoms with Crippen LogP contribution in [0.3, 0.4) is 0 Å². The van der Waals surface area contributed by atoms with Gasteiger partial charge in [0.25, 0.3) is 5.91 Å². The van der Waals surface area contributed by atoms with E-state index in [9.17, 15) is 4.79 Å². The summed E-state index contributed by atoms with van der Waals surface area (Å²) in [5.41, 5.74) is 6.06. The van der Waals surface area contributed by atoms with Gasteiger partial charge in [-0.1, -0.05) is 60.7 Å². The molecular formula is C28H22N2O2. The van der Waals surface area contributed by atoms with Crippen LogP contribution < -0.4 is 5.32 Å². The molecule has 1 aromatic heterocycles. The molecule has 0 saturated heterocycles. The zero-order valence-electron chi connectivity index (χ0n) is 17.5. The fourth-order valence-corrected chi connectivity index (χ4v) is 3.71. The fourth-order valence-electron chi connectivity index (χ4n) is 3.71. The number of oxazole rings is 1. The van der Waals surface area contributed by atoms with Gasteiger partial charge >= 0.3 is 0 Å². The lowest BCUT2D eigenvalue weighted by molar-refractivity contribution is 0.102. The molecule has 0 fully saturated rings. The molecule has 1 N–H and O–H groups in total. The quantitative estimate of drug-likeness (QED) is 0.341. The lowest BCUT2D eigenvalue weighted by atomic mass is 10.0. The molecular weight excluding hydrogens is 396 g/mol. The molecule has 156 valence electrons. The van der Waals surface area contributed by atoms with Crippen molar-refractivity contribution in [3.63, 3.8) is 0 Å². The Labute approximate surface area is 186 Å². The van der Waals surface area contributed by atoms with Crippen molar-refractivity contribution >= 4 is 22.7 Å². The highest BCUT2D eigenvalue weighted by Crippen LogP contribution is 2.26. The molecule has 0 radical (unpaired) electrons. The monoisotopic (exact) mass is 418 g/mol. The Kier molecular flexibility index (Phi) is 5.50. The minimum absolute atomic E-state index is 0.141. The van der Waals surface area contributed by atoms with E-state index in [1.807, 2.05) is 84.9 Å². The van der Waals surface area contributed by atoms with Crippen LogP contribution in [0.1, 0.15) is 21.5 Å². The molecule has 4 heteroatoms. The van der Waals surface area contributed by atoms with Crippen molar-refractivity contribution in [3.8, 4) is 11.5 Å². The molecule has 1 amide bonds. The molecule has 5 aromatic rings. The summed E-state index contributed by atoms with van der Waals surface area (Å²) >= 11 is 0. The summed E-state index contributed by atoms with van der Waals surface area (Å²) in [6, 6.07) is 33.4. The van der Waals surface area contributed by atoms with Gasteiger partial charge < -0.3 is 9.73 Å². The fraction of sp³-hybridized carbons (Fsp3) is 0.0714. The highest BCUT2D eigenvalue weighted by molar-refractivity contribution is 6.05. The number of nitrogens with zero attached hydrogens (tertiary/aromatic N) is 1. The first-order valence-corrected chi connectivity index (χ1v) is 10.6. The summed E-state index contributed by atoms with van der Waals surface area (Å²) in [5, 5.41) is 2.98.